The second kappa shape index (κ2) is 4.61. The highest BCUT2D eigenvalue weighted by Crippen LogP contribution is 2.10. The van der Waals surface area contributed by atoms with E-state index in [1.54, 1.807) is 6.92 Å². The number of carbonyl (C=O) groups excluding carboxylic acids is 1. The summed E-state index contributed by atoms with van der Waals surface area (Å²) in [6, 6.07) is 7.20. The number of hydrogen-bond donors (Lipinski definition) is 1. The molecule has 1 atom stereocenters. The summed E-state index contributed by atoms with van der Waals surface area (Å²) in [5.41, 5.74) is 2.59. The molecule has 0 aliphatic heterocycles. The van der Waals surface area contributed by atoms with Gasteiger partial charge in [0.15, 0.2) is 0 Å². The summed E-state index contributed by atoms with van der Waals surface area (Å²) in [5.74, 6) is -0.190. The van der Waals surface area contributed by atoms with Crippen LogP contribution >= 0.6 is 0 Å². The molecule has 78 valence electrons. The van der Waals surface area contributed by atoms with Crippen molar-refractivity contribution in [1.82, 2.24) is 5.32 Å². The molecule has 0 spiro atoms. The average molecular weight is 202 g/mol. The Hall–Kier alpha value is -1.82. The first-order chi connectivity index (χ1) is 7.04. The SMILES string of the molecule is Cc1ccc(C)c(C(=O)NC(C)C#N)c1. The molecule has 0 aliphatic rings. The molecule has 3 heteroatoms. The minimum Gasteiger partial charge on any atom is -0.337 e. The number of nitrogens with zero attached hydrogens (tertiary/aromatic N) is 1. The summed E-state index contributed by atoms with van der Waals surface area (Å²) in [4.78, 5) is 11.7. The van der Waals surface area contributed by atoms with Crippen LogP contribution < -0.4 is 5.32 Å². The molecule has 0 heterocycles. The van der Waals surface area contributed by atoms with Gasteiger partial charge in [0.25, 0.3) is 5.91 Å². The number of amides is 1. The van der Waals surface area contributed by atoms with Crippen molar-refractivity contribution in [1.29, 1.82) is 5.26 Å². The fourth-order valence-electron chi connectivity index (χ4n) is 1.29. The molecule has 0 aliphatic carbocycles. The van der Waals surface area contributed by atoms with Crippen LogP contribution in [0, 0.1) is 25.2 Å². The van der Waals surface area contributed by atoms with Gasteiger partial charge in [-0.3, -0.25) is 4.79 Å². The molecule has 1 unspecified atom stereocenters. The number of benzene rings is 1. The number of aryl methyl sites for hydroxylation is 2. The van der Waals surface area contributed by atoms with Gasteiger partial charge in [0.05, 0.1) is 6.07 Å². The lowest BCUT2D eigenvalue weighted by Gasteiger charge is -2.09. The Bertz CT molecular complexity index is 418. The quantitative estimate of drug-likeness (QED) is 0.796. The number of nitrogens with one attached hydrogen (secondary N) is 1. The van der Waals surface area contributed by atoms with E-state index in [0.29, 0.717) is 5.56 Å². The van der Waals surface area contributed by atoms with Gasteiger partial charge in [-0.1, -0.05) is 17.7 Å². The Balaban J connectivity index is 2.92. The van der Waals surface area contributed by atoms with Crippen LogP contribution in [0.1, 0.15) is 28.4 Å². The molecule has 0 bridgehead atoms. The van der Waals surface area contributed by atoms with Crippen LogP contribution in [0.2, 0.25) is 0 Å². The molecule has 0 saturated carbocycles. The second-order valence-corrected chi connectivity index (χ2v) is 3.64. The number of nitriles is 1. The van der Waals surface area contributed by atoms with Crippen LogP contribution in [-0.4, -0.2) is 11.9 Å². The first-order valence-electron chi connectivity index (χ1n) is 4.82. The molecular weight excluding hydrogens is 188 g/mol. The van der Waals surface area contributed by atoms with Crippen molar-refractivity contribution in [2.75, 3.05) is 0 Å². The number of hydrogen-bond acceptors (Lipinski definition) is 2. The van der Waals surface area contributed by atoms with E-state index in [-0.39, 0.29) is 5.91 Å². The van der Waals surface area contributed by atoms with Gasteiger partial charge in [-0.15, -0.1) is 0 Å². The monoisotopic (exact) mass is 202 g/mol. The minimum atomic E-state index is -0.461. The summed E-state index contributed by atoms with van der Waals surface area (Å²) >= 11 is 0. The first kappa shape index (κ1) is 11.3. The van der Waals surface area contributed by atoms with Crippen LogP contribution in [-0.2, 0) is 0 Å². The molecule has 1 rings (SSSR count). The lowest BCUT2D eigenvalue weighted by molar-refractivity contribution is 0.0947. The Labute approximate surface area is 89.7 Å². The molecule has 1 aromatic carbocycles. The third kappa shape index (κ3) is 2.81. The summed E-state index contributed by atoms with van der Waals surface area (Å²) in [6.07, 6.45) is 0. The van der Waals surface area contributed by atoms with Gasteiger partial charge in [0.1, 0.15) is 6.04 Å². The highest BCUT2D eigenvalue weighted by atomic mass is 16.1. The molecular formula is C12H14N2O. The molecule has 1 N–H and O–H groups in total. The predicted octanol–water partition coefficient (Wildman–Crippen LogP) is 1.95. The highest BCUT2D eigenvalue weighted by molar-refractivity contribution is 5.96. The van der Waals surface area contributed by atoms with Crippen molar-refractivity contribution in [3.63, 3.8) is 0 Å². The molecule has 0 radical (unpaired) electrons. The van der Waals surface area contributed by atoms with Gasteiger partial charge in [-0.05, 0) is 32.4 Å². The fraction of sp³-hybridized carbons (Fsp3) is 0.333. The van der Waals surface area contributed by atoms with E-state index < -0.39 is 6.04 Å². The van der Waals surface area contributed by atoms with Crippen molar-refractivity contribution >= 4 is 5.91 Å². The third-order valence-corrected chi connectivity index (χ3v) is 2.18. The smallest absolute Gasteiger partial charge is 0.252 e. The van der Waals surface area contributed by atoms with E-state index in [4.69, 9.17) is 5.26 Å². The van der Waals surface area contributed by atoms with Crippen molar-refractivity contribution in [2.24, 2.45) is 0 Å². The van der Waals surface area contributed by atoms with Crippen LogP contribution in [0.3, 0.4) is 0 Å². The summed E-state index contributed by atoms with van der Waals surface area (Å²) < 4.78 is 0. The van der Waals surface area contributed by atoms with Gasteiger partial charge in [0.2, 0.25) is 0 Å². The van der Waals surface area contributed by atoms with E-state index in [0.717, 1.165) is 11.1 Å². The Morgan fingerprint density at radius 3 is 2.73 bits per heavy atom. The minimum absolute atomic E-state index is 0.190. The number of carbonyl (C=O) groups is 1. The van der Waals surface area contributed by atoms with E-state index >= 15 is 0 Å². The molecule has 0 aromatic heterocycles. The van der Waals surface area contributed by atoms with Gasteiger partial charge in [-0.25, -0.2) is 0 Å². The summed E-state index contributed by atoms with van der Waals surface area (Å²) in [5, 5.41) is 11.2. The van der Waals surface area contributed by atoms with Crippen molar-refractivity contribution in [3.05, 3.63) is 34.9 Å². The van der Waals surface area contributed by atoms with Crippen LogP contribution in [0.15, 0.2) is 18.2 Å². The second-order valence-electron chi connectivity index (χ2n) is 3.64. The van der Waals surface area contributed by atoms with Gasteiger partial charge < -0.3 is 5.32 Å². The van der Waals surface area contributed by atoms with E-state index in [1.807, 2.05) is 38.1 Å². The standard InChI is InChI=1S/C12H14N2O/c1-8-4-5-9(2)11(6-8)12(15)14-10(3)7-13/h4-6,10H,1-3H3,(H,14,15). The van der Waals surface area contributed by atoms with Gasteiger partial charge >= 0.3 is 0 Å². The average Bonchev–Trinajstić information content (AvgIpc) is 2.21. The molecule has 0 saturated heterocycles. The molecule has 3 nitrogen and oxygen atoms in total. The highest BCUT2D eigenvalue weighted by Gasteiger charge is 2.11. The van der Waals surface area contributed by atoms with Crippen molar-refractivity contribution in [2.45, 2.75) is 26.8 Å². The summed E-state index contributed by atoms with van der Waals surface area (Å²) in [6.45, 7) is 5.47. The van der Waals surface area contributed by atoms with E-state index in [1.165, 1.54) is 0 Å². The Morgan fingerprint density at radius 1 is 1.47 bits per heavy atom. The van der Waals surface area contributed by atoms with Crippen molar-refractivity contribution in [3.8, 4) is 6.07 Å². The molecule has 0 fully saturated rings. The van der Waals surface area contributed by atoms with Crippen LogP contribution in [0.25, 0.3) is 0 Å². The normalized spacial score (nSPS) is 11.6. The van der Waals surface area contributed by atoms with E-state index in [2.05, 4.69) is 5.32 Å². The zero-order chi connectivity index (χ0) is 11.4. The lowest BCUT2D eigenvalue weighted by Crippen LogP contribution is -2.31. The van der Waals surface area contributed by atoms with Crippen molar-refractivity contribution < 1.29 is 4.79 Å². The maximum atomic E-state index is 11.7. The zero-order valence-electron chi connectivity index (χ0n) is 9.16. The summed E-state index contributed by atoms with van der Waals surface area (Å²) in [7, 11) is 0. The maximum Gasteiger partial charge on any atom is 0.252 e. The van der Waals surface area contributed by atoms with Crippen LogP contribution in [0.5, 0.6) is 0 Å². The topological polar surface area (TPSA) is 52.9 Å². The first-order valence-corrected chi connectivity index (χ1v) is 4.82. The van der Waals surface area contributed by atoms with Gasteiger partial charge in [0, 0.05) is 5.56 Å². The lowest BCUT2D eigenvalue weighted by atomic mass is 10.0. The predicted molar refractivity (Wildman–Crippen MR) is 58.5 cm³/mol. The fourth-order valence-corrected chi connectivity index (χ4v) is 1.29. The molecule has 15 heavy (non-hydrogen) atoms. The zero-order valence-corrected chi connectivity index (χ0v) is 9.16. The molecule has 1 amide bonds. The molecule has 1 aromatic rings. The number of rotatable bonds is 2. The maximum absolute atomic E-state index is 11.7. The van der Waals surface area contributed by atoms with Gasteiger partial charge in [-0.2, -0.15) is 5.26 Å². The largest absolute Gasteiger partial charge is 0.337 e. The third-order valence-electron chi connectivity index (χ3n) is 2.18. The Morgan fingerprint density at radius 2 is 2.13 bits per heavy atom. The van der Waals surface area contributed by atoms with Crippen LogP contribution in [0.4, 0.5) is 0 Å². The Kier molecular flexibility index (Phi) is 3.46. The van der Waals surface area contributed by atoms with E-state index in [9.17, 15) is 4.79 Å².